The highest BCUT2D eigenvalue weighted by atomic mass is 32.2. The second-order valence-electron chi connectivity index (χ2n) is 7.83. The summed E-state index contributed by atoms with van der Waals surface area (Å²) in [6.45, 7) is 5.06. The van der Waals surface area contributed by atoms with Crippen molar-refractivity contribution in [3.63, 3.8) is 0 Å². The molecule has 1 fully saturated rings. The molecule has 3 aromatic rings. The minimum Gasteiger partial charge on any atom is -0.371 e. The molecular formula is C23H25FN2O3S2. The number of nitrogens with one attached hydrogen (secondary N) is 1. The lowest BCUT2D eigenvalue weighted by molar-refractivity contribution is 0.0934. The van der Waals surface area contributed by atoms with Crippen molar-refractivity contribution in [1.29, 1.82) is 0 Å². The van der Waals surface area contributed by atoms with E-state index in [1.54, 1.807) is 25.1 Å². The molecule has 2 aromatic carbocycles. The Balaban J connectivity index is 1.38. The van der Waals surface area contributed by atoms with Crippen molar-refractivity contribution in [1.82, 2.24) is 5.32 Å². The lowest BCUT2D eigenvalue weighted by Crippen LogP contribution is -2.44. The summed E-state index contributed by atoms with van der Waals surface area (Å²) in [6.07, 6.45) is 1.61. The maximum atomic E-state index is 13.5. The second-order valence-corrected chi connectivity index (χ2v) is 11.2. The highest BCUT2D eigenvalue weighted by Gasteiger charge is 2.24. The number of benzene rings is 2. The van der Waals surface area contributed by atoms with Crippen LogP contribution in [0, 0.1) is 12.7 Å². The molecular weight excluding hydrogens is 435 g/mol. The van der Waals surface area contributed by atoms with E-state index in [0.29, 0.717) is 9.77 Å². The number of hydrogen-bond acceptors (Lipinski definition) is 5. The molecule has 4 rings (SSSR count). The van der Waals surface area contributed by atoms with E-state index < -0.39 is 9.84 Å². The van der Waals surface area contributed by atoms with Gasteiger partial charge in [-0.05, 0) is 73.2 Å². The first-order valence-corrected chi connectivity index (χ1v) is 12.8. The molecule has 1 aromatic heterocycles. The van der Waals surface area contributed by atoms with Crippen molar-refractivity contribution < 1.29 is 17.6 Å². The number of rotatable bonds is 5. The molecule has 0 bridgehead atoms. The summed E-state index contributed by atoms with van der Waals surface area (Å²) < 4.78 is 38.4. The van der Waals surface area contributed by atoms with E-state index in [0.717, 1.165) is 47.3 Å². The smallest absolute Gasteiger partial charge is 0.261 e. The molecule has 8 heteroatoms. The number of amides is 1. The van der Waals surface area contributed by atoms with Gasteiger partial charge < -0.3 is 10.2 Å². The van der Waals surface area contributed by atoms with Crippen molar-refractivity contribution in [3.05, 3.63) is 58.7 Å². The molecule has 1 saturated heterocycles. The number of piperidine rings is 1. The van der Waals surface area contributed by atoms with Gasteiger partial charge in [-0.2, -0.15) is 0 Å². The van der Waals surface area contributed by atoms with Crippen LogP contribution in [-0.2, 0) is 9.84 Å². The number of aryl methyl sites for hydroxylation is 1. The maximum absolute atomic E-state index is 13.5. The van der Waals surface area contributed by atoms with Crippen molar-refractivity contribution in [2.75, 3.05) is 23.7 Å². The van der Waals surface area contributed by atoms with Gasteiger partial charge in [0.15, 0.2) is 9.84 Å². The zero-order chi connectivity index (χ0) is 22.2. The minimum absolute atomic E-state index is 0.0739. The number of halogens is 1. The molecule has 0 atom stereocenters. The lowest BCUT2D eigenvalue weighted by Gasteiger charge is -2.34. The number of carbonyl (C=O) groups is 1. The monoisotopic (exact) mass is 460 g/mol. The first kappa shape index (κ1) is 21.8. The van der Waals surface area contributed by atoms with Crippen LogP contribution in [-0.4, -0.2) is 39.2 Å². The van der Waals surface area contributed by atoms with Crippen LogP contribution in [0.15, 0.2) is 47.4 Å². The van der Waals surface area contributed by atoms with Crippen LogP contribution in [0.25, 0.3) is 10.1 Å². The molecule has 2 heterocycles. The molecule has 0 aliphatic carbocycles. The van der Waals surface area contributed by atoms with Crippen molar-refractivity contribution in [2.45, 2.75) is 37.6 Å². The third kappa shape index (κ3) is 4.45. The predicted molar refractivity (Wildman–Crippen MR) is 123 cm³/mol. The summed E-state index contributed by atoms with van der Waals surface area (Å²) in [7, 11) is -3.20. The average Bonchev–Trinajstić information content (AvgIpc) is 3.10. The topological polar surface area (TPSA) is 66.5 Å². The SMILES string of the molecule is CCS(=O)(=O)c1ccc(N2CCC(NC(=O)c3sc4ccc(F)cc4c3C)CC2)cc1. The van der Waals surface area contributed by atoms with Crippen LogP contribution in [0.2, 0.25) is 0 Å². The fraction of sp³-hybridized carbons (Fsp3) is 0.348. The molecule has 0 spiro atoms. The number of fused-ring (bicyclic) bond motifs is 1. The summed E-state index contributed by atoms with van der Waals surface area (Å²) in [5, 5.41) is 3.92. The second kappa shape index (κ2) is 8.59. The summed E-state index contributed by atoms with van der Waals surface area (Å²) in [6, 6.07) is 11.7. The predicted octanol–water partition coefficient (Wildman–Crippen LogP) is 4.54. The van der Waals surface area contributed by atoms with E-state index in [-0.39, 0.29) is 23.5 Å². The highest BCUT2D eigenvalue weighted by molar-refractivity contribution is 7.91. The molecule has 31 heavy (non-hydrogen) atoms. The van der Waals surface area contributed by atoms with Gasteiger partial charge in [-0.1, -0.05) is 6.92 Å². The van der Waals surface area contributed by atoms with E-state index in [2.05, 4.69) is 10.2 Å². The molecule has 5 nitrogen and oxygen atoms in total. The number of nitrogens with zero attached hydrogens (tertiary/aromatic N) is 1. The average molecular weight is 461 g/mol. The van der Waals surface area contributed by atoms with Gasteiger partial charge in [0.2, 0.25) is 0 Å². The molecule has 1 N–H and O–H groups in total. The summed E-state index contributed by atoms with van der Waals surface area (Å²) in [5.74, 6) is -0.314. The fourth-order valence-electron chi connectivity index (χ4n) is 3.97. The molecule has 0 unspecified atom stereocenters. The Morgan fingerprint density at radius 1 is 1.16 bits per heavy atom. The largest absolute Gasteiger partial charge is 0.371 e. The van der Waals surface area contributed by atoms with Crippen molar-refractivity contribution in [3.8, 4) is 0 Å². The fourth-order valence-corrected chi connectivity index (χ4v) is 5.95. The van der Waals surface area contributed by atoms with Crippen molar-refractivity contribution in [2.24, 2.45) is 0 Å². The van der Waals surface area contributed by atoms with Crippen LogP contribution in [0.4, 0.5) is 10.1 Å². The molecule has 1 amide bonds. The van der Waals surface area contributed by atoms with Gasteiger partial charge >= 0.3 is 0 Å². The third-order valence-corrected chi connectivity index (χ3v) is 8.90. The van der Waals surface area contributed by atoms with Crippen LogP contribution >= 0.6 is 11.3 Å². The molecule has 1 aliphatic heterocycles. The lowest BCUT2D eigenvalue weighted by atomic mass is 10.0. The summed E-state index contributed by atoms with van der Waals surface area (Å²) in [4.78, 5) is 16.0. The number of carbonyl (C=O) groups excluding carboxylic acids is 1. The van der Waals surface area contributed by atoms with Gasteiger partial charge in [-0.25, -0.2) is 12.8 Å². The maximum Gasteiger partial charge on any atom is 0.261 e. The zero-order valence-electron chi connectivity index (χ0n) is 17.5. The molecule has 164 valence electrons. The Labute approximate surface area is 185 Å². The van der Waals surface area contributed by atoms with Crippen LogP contribution in [0.1, 0.15) is 35.0 Å². The minimum atomic E-state index is -3.20. The quantitative estimate of drug-likeness (QED) is 0.607. The third-order valence-electron chi connectivity index (χ3n) is 5.88. The molecule has 0 radical (unpaired) electrons. The number of sulfone groups is 1. The van der Waals surface area contributed by atoms with Gasteiger partial charge in [-0.3, -0.25) is 4.79 Å². The van der Waals surface area contributed by atoms with Gasteiger partial charge in [0, 0.05) is 29.5 Å². The van der Waals surface area contributed by atoms with Gasteiger partial charge in [0.05, 0.1) is 15.5 Å². The first-order valence-electron chi connectivity index (χ1n) is 10.4. The van der Waals surface area contributed by atoms with E-state index in [9.17, 15) is 17.6 Å². The number of thiophene rings is 1. The van der Waals surface area contributed by atoms with Gasteiger partial charge in [-0.15, -0.1) is 11.3 Å². The Hall–Kier alpha value is -2.45. The van der Waals surface area contributed by atoms with Gasteiger partial charge in [0.25, 0.3) is 5.91 Å². The number of hydrogen-bond donors (Lipinski definition) is 1. The Kier molecular flexibility index (Phi) is 6.03. The van der Waals surface area contributed by atoms with E-state index in [1.165, 1.54) is 23.5 Å². The summed E-state index contributed by atoms with van der Waals surface area (Å²) >= 11 is 1.39. The van der Waals surface area contributed by atoms with Crippen LogP contribution in [0.3, 0.4) is 0 Å². The Morgan fingerprint density at radius 2 is 1.84 bits per heavy atom. The zero-order valence-corrected chi connectivity index (χ0v) is 19.2. The molecule has 0 saturated carbocycles. The van der Waals surface area contributed by atoms with E-state index in [4.69, 9.17) is 0 Å². The van der Waals surface area contributed by atoms with Gasteiger partial charge in [0.1, 0.15) is 5.82 Å². The Morgan fingerprint density at radius 3 is 2.48 bits per heavy atom. The van der Waals surface area contributed by atoms with E-state index in [1.807, 2.05) is 19.1 Å². The number of anilines is 1. The van der Waals surface area contributed by atoms with Crippen molar-refractivity contribution >= 4 is 42.9 Å². The van der Waals surface area contributed by atoms with Crippen LogP contribution in [0.5, 0.6) is 0 Å². The Bertz CT molecular complexity index is 1210. The standard InChI is InChI=1S/C23H25FN2O3S2/c1-3-31(28,29)19-7-5-18(6-8-19)26-12-10-17(11-13-26)25-23(27)22-15(2)20-14-16(24)4-9-21(20)30-22/h4-9,14,17H,3,10-13H2,1-2H3,(H,25,27). The molecule has 1 aliphatic rings. The van der Waals surface area contributed by atoms with E-state index >= 15 is 0 Å². The summed E-state index contributed by atoms with van der Waals surface area (Å²) in [5.41, 5.74) is 1.80. The highest BCUT2D eigenvalue weighted by Crippen LogP contribution is 2.31. The van der Waals surface area contributed by atoms with Crippen LogP contribution < -0.4 is 10.2 Å². The first-order chi connectivity index (χ1) is 14.8. The normalized spacial score (nSPS) is 15.4.